The summed E-state index contributed by atoms with van der Waals surface area (Å²) in [5.41, 5.74) is 4.99. The Balaban J connectivity index is 2.99. The van der Waals surface area contributed by atoms with Gasteiger partial charge in [-0.15, -0.1) is 0 Å². The van der Waals surface area contributed by atoms with Crippen molar-refractivity contribution in [3.63, 3.8) is 0 Å². The molecule has 1 saturated carbocycles. The average molecular weight is 264 g/mol. The van der Waals surface area contributed by atoms with Crippen molar-refractivity contribution in [2.75, 3.05) is 0 Å². The number of hydrogen-bond donors (Lipinski definition) is 2. The lowest BCUT2D eigenvalue weighted by molar-refractivity contribution is 0.483. The molecular weight excluding hydrogens is 244 g/mol. The van der Waals surface area contributed by atoms with Gasteiger partial charge in [-0.05, 0) is 33.6 Å². The van der Waals surface area contributed by atoms with E-state index in [0.717, 1.165) is 12.8 Å². The van der Waals surface area contributed by atoms with Crippen molar-refractivity contribution in [3.05, 3.63) is 0 Å². The van der Waals surface area contributed by atoms with Gasteiger partial charge in [-0.3, -0.25) is 0 Å². The van der Waals surface area contributed by atoms with Crippen LogP contribution in [-0.4, -0.2) is 23.7 Å². The van der Waals surface area contributed by atoms with E-state index in [-0.39, 0.29) is 4.99 Å². The number of rotatable bonds is 3. The molecule has 0 amide bonds. The molecule has 0 heterocycles. The molecule has 1 aliphatic carbocycles. The van der Waals surface area contributed by atoms with Gasteiger partial charge in [0.1, 0.15) is 0 Å². The monoisotopic (exact) mass is 264 g/mol. The van der Waals surface area contributed by atoms with Crippen LogP contribution >= 0.6 is 12.2 Å². The first-order chi connectivity index (χ1) is 7.11. The van der Waals surface area contributed by atoms with Gasteiger partial charge in [-0.1, -0.05) is 25.1 Å². The summed E-state index contributed by atoms with van der Waals surface area (Å²) in [7, 11) is -3.40. The maximum absolute atomic E-state index is 12.1. The van der Waals surface area contributed by atoms with Crippen LogP contribution in [0.15, 0.2) is 0 Å². The van der Waals surface area contributed by atoms with Crippen LogP contribution in [0.5, 0.6) is 0 Å². The molecular formula is C10H20N2O2S2. The van der Waals surface area contributed by atoms with Crippen LogP contribution in [-0.2, 0) is 10.0 Å². The van der Waals surface area contributed by atoms with E-state index in [9.17, 15) is 8.42 Å². The number of thiocarbonyl (C=S) groups is 1. The van der Waals surface area contributed by atoms with Crippen LogP contribution in [0, 0.1) is 0 Å². The van der Waals surface area contributed by atoms with Crippen LogP contribution in [0.25, 0.3) is 0 Å². The number of hydrogen-bond acceptors (Lipinski definition) is 3. The normalized spacial score (nSPS) is 20.9. The van der Waals surface area contributed by atoms with Crippen molar-refractivity contribution in [1.82, 2.24) is 4.72 Å². The highest BCUT2D eigenvalue weighted by molar-refractivity contribution is 7.91. The Morgan fingerprint density at radius 1 is 1.31 bits per heavy atom. The van der Waals surface area contributed by atoms with Gasteiger partial charge in [0.2, 0.25) is 10.0 Å². The van der Waals surface area contributed by atoms with Crippen molar-refractivity contribution in [2.24, 2.45) is 5.73 Å². The smallest absolute Gasteiger partial charge is 0.217 e. The Morgan fingerprint density at radius 3 is 2.06 bits per heavy atom. The fraction of sp³-hybridized carbons (Fsp3) is 0.900. The van der Waals surface area contributed by atoms with Gasteiger partial charge in [0.05, 0.1) is 15.3 Å². The molecule has 1 aliphatic rings. The standard InChI is InChI=1S/C10H20N2O2S2/c1-9(2,3)16(13,14)12-10(8(11)15)6-4-5-7-10/h12H,4-7H2,1-3H3,(H2,11,15). The molecule has 0 saturated heterocycles. The van der Waals surface area contributed by atoms with Gasteiger partial charge in [-0.25, -0.2) is 13.1 Å². The molecule has 0 unspecified atom stereocenters. The second kappa shape index (κ2) is 4.23. The summed E-state index contributed by atoms with van der Waals surface area (Å²) >= 11 is 5.01. The molecule has 0 radical (unpaired) electrons. The Hall–Kier alpha value is -0.200. The first-order valence-corrected chi connectivity index (χ1v) is 7.33. The predicted molar refractivity (Wildman–Crippen MR) is 69.8 cm³/mol. The molecule has 0 spiro atoms. The van der Waals surface area contributed by atoms with E-state index in [0.29, 0.717) is 12.8 Å². The van der Waals surface area contributed by atoms with Gasteiger partial charge >= 0.3 is 0 Å². The van der Waals surface area contributed by atoms with Gasteiger partial charge < -0.3 is 5.73 Å². The summed E-state index contributed by atoms with van der Waals surface area (Å²) in [6.45, 7) is 4.99. The Kier molecular flexibility index (Phi) is 3.67. The fourth-order valence-corrected chi connectivity index (χ4v) is 3.24. The van der Waals surface area contributed by atoms with E-state index >= 15 is 0 Å². The zero-order chi connectivity index (χ0) is 12.6. The van der Waals surface area contributed by atoms with Crippen LogP contribution < -0.4 is 10.5 Å². The van der Waals surface area contributed by atoms with Gasteiger partial charge in [0, 0.05) is 0 Å². The van der Waals surface area contributed by atoms with Crippen molar-refractivity contribution < 1.29 is 8.42 Å². The van der Waals surface area contributed by atoms with E-state index in [1.807, 2.05) is 0 Å². The average Bonchev–Trinajstić information content (AvgIpc) is 2.50. The molecule has 1 fully saturated rings. The summed E-state index contributed by atoms with van der Waals surface area (Å²) in [6.07, 6.45) is 3.34. The molecule has 0 bridgehead atoms. The highest BCUT2D eigenvalue weighted by atomic mass is 32.2. The molecule has 3 N–H and O–H groups in total. The van der Waals surface area contributed by atoms with E-state index in [4.69, 9.17) is 18.0 Å². The summed E-state index contributed by atoms with van der Waals surface area (Å²) in [5.74, 6) is 0. The number of nitrogens with two attached hydrogens (primary N) is 1. The molecule has 0 atom stereocenters. The summed E-state index contributed by atoms with van der Waals surface area (Å²) in [6, 6.07) is 0. The lowest BCUT2D eigenvalue weighted by Crippen LogP contribution is -2.58. The van der Waals surface area contributed by atoms with E-state index in [2.05, 4.69) is 4.72 Å². The van der Waals surface area contributed by atoms with Crippen LogP contribution in [0.4, 0.5) is 0 Å². The first-order valence-electron chi connectivity index (χ1n) is 5.44. The summed E-state index contributed by atoms with van der Waals surface area (Å²) in [5, 5.41) is 0. The fourth-order valence-electron chi connectivity index (χ4n) is 1.79. The third kappa shape index (κ3) is 2.55. The Morgan fingerprint density at radius 2 is 1.75 bits per heavy atom. The third-order valence-corrected chi connectivity index (χ3v) is 5.73. The molecule has 0 aromatic rings. The van der Waals surface area contributed by atoms with E-state index in [1.54, 1.807) is 20.8 Å². The molecule has 4 nitrogen and oxygen atoms in total. The molecule has 0 aromatic heterocycles. The first kappa shape index (κ1) is 13.9. The molecule has 0 aromatic carbocycles. The van der Waals surface area contributed by atoms with Crippen molar-refractivity contribution in [3.8, 4) is 0 Å². The molecule has 6 heteroatoms. The molecule has 16 heavy (non-hydrogen) atoms. The molecule has 1 rings (SSSR count). The lowest BCUT2D eigenvalue weighted by atomic mass is 10.00. The van der Waals surface area contributed by atoms with Crippen molar-refractivity contribution >= 4 is 27.2 Å². The topological polar surface area (TPSA) is 72.2 Å². The van der Waals surface area contributed by atoms with Gasteiger partial charge in [0.25, 0.3) is 0 Å². The van der Waals surface area contributed by atoms with Crippen LogP contribution in [0.3, 0.4) is 0 Å². The van der Waals surface area contributed by atoms with Gasteiger partial charge in [-0.2, -0.15) is 0 Å². The quantitative estimate of drug-likeness (QED) is 0.754. The Labute approximate surface area is 103 Å². The van der Waals surface area contributed by atoms with Gasteiger partial charge in [0.15, 0.2) is 0 Å². The summed E-state index contributed by atoms with van der Waals surface area (Å²) in [4.78, 5) is 0.262. The number of nitrogens with one attached hydrogen (secondary N) is 1. The predicted octanol–water partition coefficient (Wildman–Crippen LogP) is 1.30. The van der Waals surface area contributed by atoms with Crippen molar-refractivity contribution in [2.45, 2.75) is 56.7 Å². The third-order valence-electron chi connectivity index (χ3n) is 3.06. The van der Waals surface area contributed by atoms with Crippen LogP contribution in [0.2, 0.25) is 0 Å². The molecule has 0 aliphatic heterocycles. The highest BCUT2D eigenvalue weighted by Crippen LogP contribution is 2.32. The number of sulfonamides is 1. The maximum Gasteiger partial charge on any atom is 0.217 e. The lowest BCUT2D eigenvalue weighted by Gasteiger charge is -2.32. The maximum atomic E-state index is 12.1. The van der Waals surface area contributed by atoms with E-state index in [1.165, 1.54) is 0 Å². The minimum absolute atomic E-state index is 0.262. The second-order valence-electron chi connectivity index (χ2n) is 5.37. The second-order valence-corrected chi connectivity index (χ2v) is 8.25. The minimum atomic E-state index is -3.40. The zero-order valence-electron chi connectivity index (χ0n) is 10.0. The Bertz CT molecular complexity index is 376. The summed E-state index contributed by atoms with van der Waals surface area (Å²) < 4.78 is 26.1. The SMILES string of the molecule is CC(C)(C)S(=O)(=O)NC1(C(N)=S)CCCC1. The van der Waals surface area contributed by atoms with Crippen LogP contribution in [0.1, 0.15) is 46.5 Å². The van der Waals surface area contributed by atoms with E-state index < -0.39 is 20.3 Å². The zero-order valence-corrected chi connectivity index (χ0v) is 11.7. The largest absolute Gasteiger partial charge is 0.392 e. The molecule has 94 valence electrons. The van der Waals surface area contributed by atoms with Crippen molar-refractivity contribution in [1.29, 1.82) is 0 Å². The highest BCUT2D eigenvalue weighted by Gasteiger charge is 2.43. The minimum Gasteiger partial charge on any atom is -0.392 e.